The molecule has 1 aromatic carbocycles. The molecular weight excluding hydrogens is 268 g/mol. The van der Waals surface area contributed by atoms with Gasteiger partial charge in [0.2, 0.25) is 0 Å². The maximum absolute atomic E-state index is 11.7. The molecule has 7 nitrogen and oxygen atoms in total. The Labute approximate surface area is 114 Å². The third-order valence-electron chi connectivity index (χ3n) is 2.45. The number of carboxylic acid groups (broad SMARTS) is 2. The molecule has 108 valence electrons. The Hall–Kier alpha value is -2.41. The average molecular weight is 282 g/mol. The van der Waals surface area contributed by atoms with Crippen LogP contribution in [0.15, 0.2) is 18.2 Å². The van der Waals surface area contributed by atoms with Crippen LogP contribution in [0.5, 0.6) is 0 Å². The van der Waals surface area contributed by atoms with Gasteiger partial charge in [-0.2, -0.15) is 0 Å². The predicted molar refractivity (Wildman–Crippen MR) is 67.0 cm³/mol. The van der Waals surface area contributed by atoms with Crippen molar-refractivity contribution in [2.75, 3.05) is 13.2 Å². The Balaban J connectivity index is 2.90. The third kappa shape index (κ3) is 4.36. The van der Waals surface area contributed by atoms with Gasteiger partial charge in [-0.05, 0) is 31.0 Å². The second-order valence-electron chi connectivity index (χ2n) is 3.98. The molecule has 0 amide bonds. The van der Waals surface area contributed by atoms with Gasteiger partial charge in [0, 0.05) is 6.61 Å². The summed E-state index contributed by atoms with van der Waals surface area (Å²) in [4.78, 5) is 33.4. The Bertz CT molecular complexity index is 489. The van der Waals surface area contributed by atoms with Crippen molar-refractivity contribution >= 4 is 17.9 Å². The number of carbonyl (C=O) groups excluding carboxylic acids is 1. The number of ether oxygens (including phenoxy) is 1. The van der Waals surface area contributed by atoms with E-state index in [0.717, 1.165) is 18.2 Å². The normalized spacial score (nSPS) is 10.1. The van der Waals surface area contributed by atoms with Crippen LogP contribution >= 0.6 is 0 Å². The largest absolute Gasteiger partial charge is 0.478 e. The van der Waals surface area contributed by atoms with Gasteiger partial charge in [0.05, 0.1) is 23.3 Å². The number of aliphatic hydroxyl groups excluding tert-OH is 1. The number of esters is 1. The highest BCUT2D eigenvalue weighted by atomic mass is 16.5. The Morgan fingerprint density at radius 1 is 0.900 bits per heavy atom. The number of carboxylic acids is 2. The molecule has 0 bridgehead atoms. The van der Waals surface area contributed by atoms with Crippen molar-refractivity contribution < 1.29 is 34.4 Å². The lowest BCUT2D eigenvalue weighted by molar-refractivity contribution is 0.0492. The number of hydrogen-bond acceptors (Lipinski definition) is 5. The van der Waals surface area contributed by atoms with Crippen LogP contribution in [0.25, 0.3) is 0 Å². The molecule has 1 rings (SSSR count). The van der Waals surface area contributed by atoms with Crippen LogP contribution in [0.1, 0.15) is 43.9 Å². The van der Waals surface area contributed by atoms with E-state index in [2.05, 4.69) is 0 Å². The second kappa shape index (κ2) is 7.25. The third-order valence-corrected chi connectivity index (χ3v) is 2.45. The second-order valence-corrected chi connectivity index (χ2v) is 3.98. The minimum absolute atomic E-state index is 0.0186. The van der Waals surface area contributed by atoms with Gasteiger partial charge in [-0.1, -0.05) is 0 Å². The van der Waals surface area contributed by atoms with Crippen molar-refractivity contribution in [3.8, 4) is 0 Å². The van der Waals surface area contributed by atoms with Crippen molar-refractivity contribution in [3.05, 3.63) is 34.9 Å². The van der Waals surface area contributed by atoms with E-state index in [9.17, 15) is 14.4 Å². The fourth-order valence-electron chi connectivity index (χ4n) is 1.45. The molecule has 0 saturated heterocycles. The predicted octanol–water partition coefficient (Wildman–Crippen LogP) is 1.01. The van der Waals surface area contributed by atoms with E-state index in [1.807, 2.05) is 0 Å². The first-order valence-corrected chi connectivity index (χ1v) is 5.85. The van der Waals surface area contributed by atoms with E-state index in [-0.39, 0.29) is 29.9 Å². The molecule has 0 atom stereocenters. The van der Waals surface area contributed by atoms with E-state index in [1.54, 1.807) is 0 Å². The van der Waals surface area contributed by atoms with E-state index in [0.29, 0.717) is 12.8 Å². The molecular formula is C13H14O7. The summed E-state index contributed by atoms with van der Waals surface area (Å²) in [7, 11) is 0. The average Bonchev–Trinajstić information content (AvgIpc) is 2.42. The highest BCUT2D eigenvalue weighted by Gasteiger charge is 2.16. The number of rotatable bonds is 7. The number of unbranched alkanes of at least 4 members (excludes halogenated alkanes) is 1. The molecule has 0 aliphatic rings. The first kappa shape index (κ1) is 15.6. The van der Waals surface area contributed by atoms with E-state index < -0.39 is 17.9 Å². The molecule has 0 aliphatic heterocycles. The summed E-state index contributed by atoms with van der Waals surface area (Å²) >= 11 is 0. The Morgan fingerprint density at radius 3 is 1.85 bits per heavy atom. The van der Waals surface area contributed by atoms with Crippen LogP contribution in [0, 0.1) is 0 Å². The van der Waals surface area contributed by atoms with Crippen LogP contribution in [0.3, 0.4) is 0 Å². The Kier molecular flexibility index (Phi) is 5.67. The standard InChI is InChI=1S/C13H14O7/c14-3-1-2-4-20-13(19)10-6-8(11(15)16)5-9(7-10)12(17)18/h5-7,14H,1-4H2,(H,15,16)(H,17,18). The lowest BCUT2D eigenvalue weighted by Crippen LogP contribution is -2.11. The number of aromatic carboxylic acids is 2. The molecule has 3 N–H and O–H groups in total. The zero-order valence-corrected chi connectivity index (χ0v) is 10.5. The summed E-state index contributed by atoms with van der Waals surface area (Å²) in [5.41, 5.74) is -0.731. The summed E-state index contributed by atoms with van der Waals surface area (Å²) in [6, 6.07) is 3.08. The van der Waals surface area contributed by atoms with Gasteiger partial charge in [0.25, 0.3) is 0 Å². The van der Waals surface area contributed by atoms with Gasteiger partial charge in [-0.25, -0.2) is 14.4 Å². The van der Waals surface area contributed by atoms with E-state index in [1.165, 1.54) is 0 Å². The fraction of sp³-hybridized carbons (Fsp3) is 0.308. The molecule has 0 aliphatic carbocycles. The molecule has 0 spiro atoms. The molecule has 0 fully saturated rings. The fourth-order valence-corrected chi connectivity index (χ4v) is 1.45. The van der Waals surface area contributed by atoms with Crippen LogP contribution < -0.4 is 0 Å². The summed E-state index contributed by atoms with van der Waals surface area (Å²) in [6.45, 7) is 0.0499. The lowest BCUT2D eigenvalue weighted by atomic mass is 10.1. The van der Waals surface area contributed by atoms with Crippen molar-refractivity contribution in [1.82, 2.24) is 0 Å². The maximum Gasteiger partial charge on any atom is 0.338 e. The summed E-state index contributed by atoms with van der Waals surface area (Å²) in [5, 5.41) is 26.3. The van der Waals surface area contributed by atoms with Gasteiger partial charge < -0.3 is 20.1 Å². The minimum atomic E-state index is -1.33. The molecule has 1 aromatic rings. The topological polar surface area (TPSA) is 121 Å². The molecule has 0 radical (unpaired) electrons. The summed E-state index contributed by atoms with van der Waals surface area (Å²) in [6.07, 6.45) is 0.940. The molecule has 0 aromatic heterocycles. The minimum Gasteiger partial charge on any atom is -0.478 e. The SMILES string of the molecule is O=C(O)c1cc(C(=O)O)cc(C(=O)OCCCCO)c1. The van der Waals surface area contributed by atoms with Crippen LogP contribution in [-0.4, -0.2) is 46.4 Å². The molecule has 0 unspecified atom stereocenters. The van der Waals surface area contributed by atoms with Crippen LogP contribution in [0.4, 0.5) is 0 Å². The van der Waals surface area contributed by atoms with Gasteiger partial charge >= 0.3 is 17.9 Å². The van der Waals surface area contributed by atoms with Gasteiger partial charge in [0.15, 0.2) is 0 Å². The quantitative estimate of drug-likeness (QED) is 0.504. The first-order valence-electron chi connectivity index (χ1n) is 5.85. The number of hydrogen-bond donors (Lipinski definition) is 3. The van der Waals surface area contributed by atoms with E-state index in [4.69, 9.17) is 20.1 Å². The number of aliphatic hydroxyl groups is 1. The van der Waals surface area contributed by atoms with Crippen molar-refractivity contribution in [2.45, 2.75) is 12.8 Å². The summed E-state index contributed by atoms with van der Waals surface area (Å²) < 4.78 is 4.86. The van der Waals surface area contributed by atoms with Crippen molar-refractivity contribution in [2.24, 2.45) is 0 Å². The molecule has 0 heterocycles. The van der Waals surface area contributed by atoms with Gasteiger partial charge in [-0.3, -0.25) is 0 Å². The maximum atomic E-state index is 11.7. The highest BCUT2D eigenvalue weighted by molar-refractivity contribution is 5.99. The zero-order valence-electron chi connectivity index (χ0n) is 10.5. The van der Waals surface area contributed by atoms with Crippen molar-refractivity contribution in [1.29, 1.82) is 0 Å². The first-order chi connectivity index (χ1) is 9.45. The molecule has 0 saturated carbocycles. The van der Waals surface area contributed by atoms with Crippen LogP contribution in [-0.2, 0) is 4.74 Å². The number of carbonyl (C=O) groups is 3. The van der Waals surface area contributed by atoms with Gasteiger partial charge in [0.1, 0.15) is 0 Å². The van der Waals surface area contributed by atoms with Gasteiger partial charge in [-0.15, -0.1) is 0 Å². The zero-order chi connectivity index (χ0) is 15.1. The molecule has 7 heteroatoms. The lowest BCUT2D eigenvalue weighted by Gasteiger charge is -2.06. The van der Waals surface area contributed by atoms with E-state index >= 15 is 0 Å². The smallest absolute Gasteiger partial charge is 0.338 e. The Morgan fingerprint density at radius 2 is 1.40 bits per heavy atom. The molecule has 20 heavy (non-hydrogen) atoms. The summed E-state index contributed by atoms with van der Waals surface area (Å²) in [5.74, 6) is -3.46. The van der Waals surface area contributed by atoms with Crippen molar-refractivity contribution in [3.63, 3.8) is 0 Å². The monoisotopic (exact) mass is 282 g/mol. The number of benzene rings is 1. The van der Waals surface area contributed by atoms with Crippen LogP contribution in [0.2, 0.25) is 0 Å². The highest BCUT2D eigenvalue weighted by Crippen LogP contribution is 2.12.